The summed E-state index contributed by atoms with van der Waals surface area (Å²) in [7, 11) is 1.80. The van der Waals surface area contributed by atoms with E-state index < -0.39 is 0 Å². The first-order valence-electron chi connectivity index (χ1n) is 8.08. The van der Waals surface area contributed by atoms with Crippen molar-refractivity contribution in [3.05, 3.63) is 0 Å². The molecule has 0 aromatic carbocycles. The van der Waals surface area contributed by atoms with E-state index in [1.165, 1.54) is 25.7 Å². The Hall–Kier alpha value is -0.120. The van der Waals surface area contributed by atoms with Crippen LogP contribution in [0.4, 0.5) is 0 Å². The molecule has 0 amide bonds. The van der Waals surface area contributed by atoms with Crippen LogP contribution in [0.1, 0.15) is 53.4 Å². The summed E-state index contributed by atoms with van der Waals surface area (Å²) in [6.45, 7) is 12.3. The van der Waals surface area contributed by atoms with Crippen molar-refractivity contribution in [1.82, 2.24) is 10.2 Å². The largest absolute Gasteiger partial charge is 0.383 e. The molecule has 3 nitrogen and oxygen atoms in total. The van der Waals surface area contributed by atoms with Gasteiger partial charge in [0.25, 0.3) is 0 Å². The van der Waals surface area contributed by atoms with Gasteiger partial charge in [0.05, 0.1) is 6.61 Å². The van der Waals surface area contributed by atoms with E-state index >= 15 is 0 Å². The van der Waals surface area contributed by atoms with Crippen molar-refractivity contribution < 1.29 is 4.74 Å². The zero-order chi connectivity index (χ0) is 14.3. The molecule has 114 valence electrons. The van der Waals surface area contributed by atoms with Gasteiger partial charge in [0.15, 0.2) is 0 Å². The monoisotopic (exact) mass is 270 g/mol. The highest BCUT2D eigenvalue weighted by atomic mass is 16.5. The van der Waals surface area contributed by atoms with E-state index in [0.717, 1.165) is 25.6 Å². The van der Waals surface area contributed by atoms with E-state index in [1.54, 1.807) is 7.11 Å². The molecule has 0 heterocycles. The molecule has 3 heteroatoms. The highest BCUT2D eigenvalue weighted by Gasteiger charge is 2.33. The van der Waals surface area contributed by atoms with E-state index in [0.29, 0.717) is 18.1 Å². The first-order valence-corrected chi connectivity index (χ1v) is 8.08. The van der Waals surface area contributed by atoms with Gasteiger partial charge in [-0.15, -0.1) is 0 Å². The van der Waals surface area contributed by atoms with Crippen LogP contribution in [-0.2, 0) is 4.74 Å². The van der Waals surface area contributed by atoms with Crippen molar-refractivity contribution in [2.75, 3.05) is 26.8 Å². The maximum Gasteiger partial charge on any atom is 0.0589 e. The minimum absolute atomic E-state index is 0.594. The zero-order valence-electron chi connectivity index (χ0n) is 13.6. The maximum atomic E-state index is 5.29. The Morgan fingerprint density at radius 3 is 2.63 bits per heavy atom. The third-order valence-corrected chi connectivity index (χ3v) is 4.38. The second-order valence-corrected chi connectivity index (χ2v) is 6.37. The number of hydrogen-bond acceptors (Lipinski definition) is 3. The standard InChI is InChI=1S/C16H34N2O/c1-6-9-17-15-8-7-14(4)12-16(15)18(13(2)3)10-11-19-5/h13-17H,6-12H2,1-5H3. The summed E-state index contributed by atoms with van der Waals surface area (Å²) in [6, 6.07) is 1.93. The minimum atomic E-state index is 0.594. The van der Waals surface area contributed by atoms with Gasteiger partial charge in [-0.2, -0.15) is 0 Å². The molecule has 0 bridgehead atoms. The molecule has 0 aromatic rings. The second-order valence-electron chi connectivity index (χ2n) is 6.37. The van der Waals surface area contributed by atoms with E-state index in [1.807, 2.05) is 0 Å². The number of methoxy groups -OCH3 is 1. The van der Waals surface area contributed by atoms with Gasteiger partial charge in [-0.3, -0.25) is 4.90 Å². The van der Waals surface area contributed by atoms with E-state index in [-0.39, 0.29) is 0 Å². The van der Waals surface area contributed by atoms with Crippen molar-refractivity contribution in [2.45, 2.75) is 71.5 Å². The van der Waals surface area contributed by atoms with Crippen LogP contribution in [0, 0.1) is 5.92 Å². The van der Waals surface area contributed by atoms with Crippen molar-refractivity contribution >= 4 is 0 Å². The SMILES string of the molecule is CCCNC1CCC(C)CC1N(CCOC)C(C)C. The molecular weight excluding hydrogens is 236 g/mol. The Labute approximate surface area is 120 Å². The van der Waals surface area contributed by atoms with Crippen LogP contribution in [0.2, 0.25) is 0 Å². The highest BCUT2D eigenvalue weighted by molar-refractivity contribution is 4.91. The number of ether oxygens (including phenoxy) is 1. The lowest BCUT2D eigenvalue weighted by molar-refractivity contribution is 0.0490. The molecule has 1 N–H and O–H groups in total. The summed E-state index contributed by atoms with van der Waals surface area (Å²) in [4.78, 5) is 2.65. The molecular formula is C16H34N2O. The fourth-order valence-corrected chi connectivity index (χ4v) is 3.29. The van der Waals surface area contributed by atoms with Crippen molar-refractivity contribution in [3.8, 4) is 0 Å². The maximum absolute atomic E-state index is 5.29. The van der Waals surface area contributed by atoms with Crippen molar-refractivity contribution in [3.63, 3.8) is 0 Å². The van der Waals surface area contributed by atoms with Gasteiger partial charge in [0, 0.05) is 31.8 Å². The van der Waals surface area contributed by atoms with E-state index in [9.17, 15) is 0 Å². The molecule has 1 aliphatic rings. The van der Waals surface area contributed by atoms with Gasteiger partial charge >= 0.3 is 0 Å². The Kier molecular flexibility index (Phi) is 7.96. The van der Waals surface area contributed by atoms with Crippen LogP contribution in [0.15, 0.2) is 0 Å². The Morgan fingerprint density at radius 2 is 2.05 bits per heavy atom. The molecule has 1 rings (SSSR count). The van der Waals surface area contributed by atoms with Crippen molar-refractivity contribution in [1.29, 1.82) is 0 Å². The quantitative estimate of drug-likeness (QED) is 0.734. The Morgan fingerprint density at radius 1 is 1.32 bits per heavy atom. The van der Waals surface area contributed by atoms with Crippen LogP contribution < -0.4 is 5.32 Å². The summed E-state index contributed by atoms with van der Waals surface area (Å²) in [6.07, 6.45) is 5.23. The molecule has 19 heavy (non-hydrogen) atoms. The van der Waals surface area contributed by atoms with Crippen LogP contribution in [0.25, 0.3) is 0 Å². The smallest absolute Gasteiger partial charge is 0.0589 e. The number of hydrogen-bond donors (Lipinski definition) is 1. The van der Waals surface area contributed by atoms with E-state index in [2.05, 4.69) is 37.9 Å². The Bertz CT molecular complexity index is 231. The van der Waals surface area contributed by atoms with E-state index in [4.69, 9.17) is 4.74 Å². The normalized spacial score (nSPS) is 28.3. The predicted octanol–water partition coefficient (Wildman–Crippen LogP) is 2.90. The van der Waals surface area contributed by atoms with Crippen LogP contribution in [-0.4, -0.2) is 49.8 Å². The summed E-state index contributed by atoms with van der Waals surface area (Å²) >= 11 is 0. The minimum Gasteiger partial charge on any atom is -0.383 e. The number of nitrogens with zero attached hydrogens (tertiary/aromatic N) is 1. The van der Waals surface area contributed by atoms with Crippen LogP contribution in [0.5, 0.6) is 0 Å². The third kappa shape index (κ3) is 5.41. The lowest BCUT2D eigenvalue weighted by atomic mass is 9.82. The Balaban J connectivity index is 2.67. The number of rotatable bonds is 8. The molecule has 0 saturated heterocycles. The molecule has 1 aliphatic carbocycles. The van der Waals surface area contributed by atoms with Gasteiger partial charge in [-0.1, -0.05) is 13.8 Å². The zero-order valence-corrected chi connectivity index (χ0v) is 13.6. The average Bonchev–Trinajstić information content (AvgIpc) is 2.38. The lowest BCUT2D eigenvalue weighted by Gasteiger charge is -2.44. The fourth-order valence-electron chi connectivity index (χ4n) is 3.29. The lowest BCUT2D eigenvalue weighted by Crippen LogP contribution is -2.56. The fraction of sp³-hybridized carbons (Fsp3) is 1.00. The van der Waals surface area contributed by atoms with Gasteiger partial charge in [0.2, 0.25) is 0 Å². The van der Waals surface area contributed by atoms with Crippen LogP contribution in [0.3, 0.4) is 0 Å². The molecule has 0 spiro atoms. The summed E-state index contributed by atoms with van der Waals surface area (Å²) in [5.74, 6) is 0.855. The van der Waals surface area contributed by atoms with Crippen molar-refractivity contribution in [2.24, 2.45) is 5.92 Å². The van der Waals surface area contributed by atoms with Crippen LogP contribution >= 0.6 is 0 Å². The summed E-state index contributed by atoms with van der Waals surface area (Å²) < 4.78 is 5.29. The number of nitrogens with one attached hydrogen (secondary N) is 1. The summed E-state index contributed by atoms with van der Waals surface area (Å²) in [5.41, 5.74) is 0. The van der Waals surface area contributed by atoms with Gasteiger partial charge < -0.3 is 10.1 Å². The van der Waals surface area contributed by atoms with Gasteiger partial charge in [0.1, 0.15) is 0 Å². The first kappa shape index (κ1) is 16.9. The van der Waals surface area contributed by atoms with Gasteiger partial charge in [-0.25, -0.2) is 0 Å². The highest BCUT2D eigenvalue weighted by Crippen LogP contribution is 2.29. The first-order chi connectivity index (χ1) is 9.10. The second kappa shape index (κ2) is 8.93. The third-order valence-electron chi connectivity index (χ3n) is 4.38. The molecule has 3 atom stereocenters. The average molecular weight is 270 g/mol. The molecule has 1 fully saturated rings. The molecule has 0 aromatic heterocycles. The topological polar surface area (TPSA) is 24.5 Å². The molecule has 0 radical (unpaired) electrons. The summed E-state index contributed by atoms with van der Waals surface area (Å²) in [5, 5.41) is 3.77. The molecule has 1 saturated carbocycles. The molecule has 3 unspecified atom stereocenters. The molecule has 0 aliphatic heterocycles. The predicted molar refractivity (Wildman–Crippen MR) is 82.6 cm³/mol. The van der Waals surface area contributed by atoms with Gasteiger partial charge in [-0.05, 0) is 52.0 Å².